The first-order valence-electron chi connectivity index (χ1n) is 19.6. The molecule has 3 aromatic heterocycles. The lowest BCUT2D eigenvalue weighted by Crippen LogP contribution is -2.60. The Labute approximate surface area is 331 Å². The summed E-state index contributed by atoms with van der Waals surface area (Å²) in [5.74, 6) is -0.916. The Balaban J connectivity index is 1.07. The Morgan fingerprint density at radius 2 is 1.74 bits per heavy atom. The van der Waals surface area contributed by atoms with Crippen LogP contribution in [-0.4, -0.2) is 104 Å². The van der Waals surface area contributed by atoms with E-state index in [1.807, 2.05) is 59.4 Å². The van der Waals surface area contributed by atoms with Gasteiger partial charge in [0.15, 0.2) is 0 Å². The number of benzene rings is 3. The molecule has 2 fully saturated rings. The molecule has 2 amide bonds. The molecule has 0 unspecified atom stereocenters. The Bertz CT molecular complexity index is 2490. The lowest BCUT2D eigenvalue weighted by atomic mass is 9.92. The number of hydrogen-bond acceptors (Lipinski definition) is 7. The van der Waals surface area contributed by atoms with E-state index in [9.17, 15) is 14.7 Å². The van der Waals surface area contributed by atoms with Crippen molar-refractivity contribution >= 4 is 34.2 Å². The van der Waals surface area contributed by atoms with Crippen molar-refractivity contribution in [3.8, 4) is 17.0 Å². The number of aryl methyl sites for hydroxylation is 1. The molecule has 0 radical (unpaired) electrons. The van der Waals surface area contributed by atoms with Gasteiger partial charge in [0.25, 0.3) is 11.8 Å². The maximum absolute atomic E-state index is 15.3. The van der Waals surface area contributed by atoms with Crippen LogP contribution in [0.4, 0.5) is 15.8 Å². The van der Waals surface area contributed by atoms with Gasteiger partial charge in [-0.25, -0.2) is 9.37 Å². The van der Waals surface area contributed by atoms with Gasteiger partial charge in [-0.15, -0.1) is 0 Å². The highest BCUT2D eigenvalue weighted by Crippen LogP contribution is 2.36. The Hall–Kier alpha value is -5.82. The third-order valence-electron chi connectivity index (χ3n) is 12.1. The molecule has 3 aliphatic heterocycles. The number of pyridine rings is 1. The topological polar surface area (TPSA) is 99.3 Å². The normalized spacial score (nSPS) is 18.7. The van der Waals surface area contributed by atoms with Crippen LogP contribution in [0.2, 0.25) is 0 Å². The van der Waals surface area contributed by atoms with Crippen molar-refractivity contribution in [2.45, 2.75) is 32.0 Å². The number of halogens is 1. The molecule has 2 saturated heterocycles. The number of phenols is 1. The minimum atomic E-state index is -0.477. The molecule has 0 spiro atoms. The second kappa shape index (κ2) is 14.9. The predicted octanol–water partition coefficient (Wildman–Crippen LogP) is 6.29. The number of phenolic OH excluding ortho intramolecular Hbond substituents is 1. The molecule has 292 valence electrons. The highest BCUT2D eigenvalue weighted by Gasteiger charge is 2.36. The highest BCUT2D eigenvalue weighted by molar-refractivity contribution is 6.13. The molecule has 0 aliphatic carbocycles. The summed E-state index contributed by atoms with van der Waals surface area (Å²) in [7, 11) is 3.74. The number of rotatable bonds is 7. The monoisotopic (exact) mass is 767 g/mol. The fourth-order valence-electron chi connectivity index (χ4n) is 8.88. The van der Waals surface area contributed by atoms with Crippen LogP contribution in [0.1, 0.15) is 37.5 Å². The summed E-state index contributed by atoms with van der Waals surface area (Å²) < 4.78 is 24.9. The van der Waals surface area contributed by atoms with E-state index in [0.717, 1.165) is 69.0 Å². The molecule has 6 heterocycles. The number of anilines is 2. The quantitative estimate of drug-likeness (QED) is 0.204. The van der Waals surface area contributed by atoms with Crippen molar-refractivity contribution in [1.29, 1.82) is 0 Å². The van der Waals surface area contributed by atoms with Crippen LogP contribution in [0, 0.1) is 12.7 Å². The smallest absolute Gasteiger partial charge is 0.264 e. The number of fused-ring (bicyclic) bond motifs is 3. The van der Waals surface area contributed by atoms with Gasteiger partial charge in [0, 0.05) is 105 Å². The molecule has 11 nitrogen and oxygen atoms in total. The number of aromatic nitrogens is 3. The number of morpholine rings is 1. The Morgan fingerprint density at radius 3 is 2.56 bits per heavy atom. The summed E-state index contributed by atoms with van der Waals surface area (Å²) in [5.41, 5.74) is 6.57. The number of hydrogen-bond donors (Lipinski definition) is 1. The molecule has 9 rings (SSSR count). The fourth-order valence-corrected chi connectivity index (χ4v) is 8.88. The van der Waals surface area contributed by atoms with Gasteiger partial charge < -0.3 is 23.9 Å². The summed E-state index contributed by atoms with van der Waals surface area (Å²) in [6, 6.07) is 24.9. The number of nitrogens with zero attached hydrogens (tertiary/aromatic N) is 7. The van der Waals surface area contributed by atoms with Gasteiger partial charge in [-0.05, 0) is 85.1 Å². The van der Waals surface area contributed by atoms with Crippen molar-refractivity contribution in [3.63, 3.8) is 0 Å². The molecule has 3 aliphatic rings. The predicted molar refractivity (Wildman–Crippen MR) is 217 cm³/mol. The van der Waals surface area contributed by atoms with Gasteiger partial charge in [-0.1, -0.05) is 24.3 Å². The third-order valence-corrected chi connectivity index (χ3v) is 12.1. The first kappa shape index (κ1) is 36.8. The first-order chi connectivity index (χ1) is 27.6. The summed E-state index contributed by atoms with van der Waals surface area (Å²) in [6.07, 6.45) is 4.29. The number of carbonyl (C=O) groups excluding carboxylic acids is 2. The van der Waals surface area contributed by atoms with Crippen LogP contribution < -0.4 is 4.90 Å². The summed E-state index contributed by atoms with van der Waals surface area (Å²) in [5, 5.41) is 11.0. The van der Waals surface area contributed by atoms with Crippen LogP contribution in [0.25, 0.3) is 22.3 Å². The van der Waals surface area contributed by atoms with Crippen molar-refractivity contribution < 1.29 is 23.8 Å². The van der Waals surface area contributed by atoms with E-state index in [0.29, 0.717) is 52.0 Å². The van der Waals surface area contributed by atoms with Crippen molar-refractivity contribution in [1.82, 2.24) is 28.8 Å². The van der Waals surface area contributed by atoms with E-state index >= 15 is 4.39 Å². The minimum absolute atomic E-state index is 0.0742. The van der Waals surface area contributed by atoms with E-state index in [4.69, 9.17) is 4.74 Å². The molecule has 12 heteroatoms. The zero-order valence-corrected chi connectivity index (χ0v) is 32.4. The van der Waals surface area contributed by atoms with Gasteiger partial charge in [0.1, 0.15) is 17.2 Å². The zero-order valence-electron chi connectivity index (χ0n) is 32.4. The SMILES string of the molecule is Cc1c(C(=O)N(c2ccc(O)cc2)c2cnc3c(ccn3C)c2)cc(-c2cc(F)ccc2C(=O)N2Cc3ccccc3C[C@H]2CN2CCN3CCOC[C@@H]3C2)n1C. The molecule has 2 atom stereocenters. The van der Waals surface area contributed by atoms with Gasteiger partial charge in [-0.2, -0.15) is 0 Å². The average Bonchev–Trinajstić information content (AvgIpc) is 3.75. The maximum atomic E-state index is 15.3. The number of amides is 2. The lowest BCUT2D eigenvalue weighted by Gasteiger charge is -2.46. The molecule has 1 N–H and O–H groups in total. The van der Waals surface area contributed by atoms with E-state index in [1.165, 1.54) is 29.8 Å². The second-order valence-corrected chi connectivity index (χ2v) is 15.6. The molecule has 6 aromatic rings. The maximum Gasteiger partial charge on any atom is 0.264 e. The molecule has 0 saturated carbocycles. The minimum Gasteiger partial charge on any atom is -0.508 e. The number of ether oxygens (including phenoxy) is 1. The zero-order chi connectivity index (χ0) is 39.4. The number of carbonyl (C=O) groups is 2. The molecule has 57 heavy (non-hydrogen) atoms. The second-order valence-electron chi connectivity index (χ2n) is 15.6. The highest BCUT2D eigenvalue weighted by atomic mass is 19.1. The Kier molecular flexibility index (Phi) is 9.63. The van der Waals surface area contributed by atoms with E-state index < -0.39 is 5.82 Å². The van der Waals surface area contributed by atoms with E-state index in [-0.39, 0.29) is 23.6 Å². The van der Waals surface area contributed by atoms with Crippen LogP contribution >= 0.6 is 0 Å². The number of piperazine rings is 1. The van der Waals surface area contributed by atoms with Crippen molar-refractivity contribution in [3.05, 3.63) is 131 Å². The third kappa shape index (κ3) is 6.87. The van der Waals surface area contributed by atoms with Crippen LogP contribution in [0.5, 0.6) is 5.75 Å². The van der Waals surface area contributed by atoms with Crippen LogP contribution in [-0.2, 0) is 31.8 Å². The van der Waals surface area contributed by atoms with Gasteiger partial charge >= 0.3 is 0 Å². The molecule has 0 bridgehead atoms. The van der Waals surface area contributed by atoms with Gasteiger partial charge in [0.2, 0.25) is 0 Å². The Morgan fingerprint density at radius 1 is 0.930 bits per heavy atom. The summed E-state index contributed by atoms with van der Waals surface area (Å²) in [4.78, 5) is 43.0. The van der Waals surface area contributed by atoms with Crippen LogP contribution in [0.3, 0.4) is 0 Å². The van der Waals surface area contributed by atoms with Crippen LogP contribution in [0.15, 0.2) is 97.3 Å². The van der Waals surface area contributed by atoms with Crippen molar-refractivity contribution in [2.24, 2.45) is 14.1 Å². The largest absolute Gasteiger partial charge is 0.508 e. The lowest BCUT2D eigenvalue weighted by molar-refractivity contribution is -0.0485. The average molecular weight is 768 g/mol. The van der Waals surface area contributed by atoms with E-state index in [1.54, 1.807) is 35.4 Å². The molecule has 3 aromatic carbocycles. The summed E-state index contributed by atoms with van der Waals surface area (Å²) >= 11 is 0. The van der Waals surface area contributed by atoms with Crippen molar-refractivity contribution in [2.75, 3.05) is 50.8 Å². The number of aromatic hydroxyl groups is 1. The fraction of sp³-hybridized carbons (Fsp3) is 0.311. The van der Waals surface area contributed by atoms with E-state index in [2.05, 4.69) is 33.0 Å². The molecular weight excluding hydrogens is 722 g/mol. The van der Waals surface area contributed by atoms with Gasteiger partial charge in [0.05, 0.1) is 30.7 Å². The van der Waals surface area contributed by atoms with Gasteiger partial charge in [-0.3, -0.25) is 24.3 Å². The first-order valence-corrected chi connectivity index (χ1v) is 19.6. The summed E-state index contributed by atoms with van der Waals surface area (Å²) in [6.45, 7) is 8.24. The standard InChI is InChI=1S/C45H46FN7O4/c1-29-40(45(56)53(34-9-11-38(54)12-10-34)35-21-31-14-15-48(2)43(31)47-24-35)23-42(49(29)3)41-22-33(46)8-13-39(41)44(55)52-25-32-7-5-4-6-30(32)20-36(52)26-50-16-17-51-18-19-57-28-37(51)27-50/h4-15,21-24,36-37,54H,16-20,25-28H2,1-3H3/t36-,37-/m0/s1. The molecular formula is C45H46FN7O4.